The van der Waals surface area contributed by atoms with E-state index >= 15 is 0 Å². The highest BCUT2D eigenvalue weighted by Gasteiger charge is 2.46. The Morgan fingerprint density at radius 1 is 1.47 bits per heavy atom. The Hall–Kier alpha value is -0.940. The van der Waals surface area contributed by atoms with Crippen LogP contribution in [0.4, 0.5) is 0 Å². The van der Waals surface area contributed by atoms with Crippen molar-refractivity contribution < 1.29 is 19.8 Å². The fourth-order valence-electron chi connectivity index (χ4n) is 1.58. The zero-order chi connectivity index (χ0) is 11.9. The molecule has 1 unspecified atom stereocenters. The van der Waals surface area contributed by atoms with Gasteiger partial charge in [0.1, 0.15) is 5.60 Å². The Morgan fingerprint density at radius 3 is 2.33 bits per heavy atom. The lowest BCUT2D eigenvalue weighted by molar-refractivity contribution is -0.145. The van der Waals surface area contributed by atoms with Crippen LogP contribution in [0.3, 0.4) is 0 Å². The fourth-order valence-corrected chi connectivity index (χ4v) is 1.58. The maximum Gasteiger partial charge on any atom is 0.235 e. The second-order valence-corrected chi connectivity index (χ2v) is 5.00. The number of hydrogen-bond donors (Lipinski definition) is 2. The van der Waals surface area contributed by atoms with Crippen LogP contribution in [-0.4, -0.2) is 45.7 Å². The molecule has 0 aromatic carbocycles. The molecule has 5 nitrogen and oxygen atoms in total. The maximum absolute atomic E-state index is 11.7. The van der Waals surface area contributed by atoms with Crippen LogP contribution in [0.25, 0.3) is 0 Å². The van der Waals surface area contributed by atoms with Crippen LogP contribution in [0.15, 0.2) is 0 Å². The first kappa shape index (κ1) is 12.1. The predicted molar refractivity (Wildman–Crippen MR) is 52.8 cm³/mol. The van der Waals surface area contributed by atoms with Gasteiger partial charge in [0, 0.05) is 6.42 Å². The summed E-state index contributed by atoms with van der Waals surface area (Å²) in [5, 5.41) is 18.5. The number of imide groups is 1. The molecule has 86 valence electrons. The van der Waals surface area contributed by atoms with E-state index in [-0.39, 0.29) is 24.8 Å². The first-order valence-corrected chi connectivity index (χ1v) is 4.88. The average Bonchev–Trinajstić information content (AvgIpc) is 2.28. The molecule has 0 radical (unpaired) electrons. The second-order valence-electron chi connectivity index (χ2n) is 5.00. The number of β-amino-alcohol motifs (C(OH)–C–C–N with tert-alkyl or cyclic N) is 1. The number of aliphatic hydroxyl groups is 2. The largest absolute Gasteiger partial charge is 0.393 e. The van der Waals surface area contributed by atoms with Crippen LogP contribution in [0, 0.1) is 5.41 Å². The van der Waals surface area contributed by atoms with Crippen LogP contribution in [0.1, 0.15) is 27.2 Å². The highest BCUT2D eigenvalue weighted by molar-refractivity contribution is 6.05. The quantitative estimate of drug-likeness (QED) is 0.623. The lowest BCUT2D eigenvalue weighted by Crippen LogP contribution is -2.46. The van der Waals surface area contributed by atoms with Gasteiger partial charge < -0.3 is 10.2 Å². The zero-order valence-corrected chi connectivity index (χ0v) is 9.28. The van der Waals surface area contributed by atoms with Crippen molar-refractivity contribution >= 4 is 11.8 Å². The molecule has 1 fully saturated rings. The van der Waals surface area contributed by atoms with E-state index in [2.05, 4.69) is 0 Å². The summed E-state index contributed by atoms with van der Waals surface area (Å²) in [7, 11) is 0. The molecule has 0 aromatic rings. The molecular formula is C10H17NO4. The topological polar surface area (TPSA) is 77.8 Å². The molecule has 0 bridgehead atoms. The number of rotatable bonds is 3. The molecule has 0 saturated carbocycles. The standard InChI is InChI=1S/C10H17NO4/c1-9(2)4-7(13)11(8(9)14)5-10(3,15)6-12/h12,15H,4-6H2,1-3H3. The number of carbonyl (C=O) groups excluding carboxylic acids is 2. The Bertz CT molecular complexity index is 296. The highest BCUT2D eigenvalue weighted by Crippen LogP contribution is 2.32. The van der Waals surface area contributed by atoms with Crippen molar-refractivity contribution in [3.63, 3.8) is 0 Å². The van der Waals surface area contributed by atoms with Gasteiger partial charge in [0.05, 0.1) is 18.6 Å². The minimum absolute atomic E-state index is 0.148. The van der Waals surface area contributed by atoms with Crippen molar-refractivity contribution in [2.75, 3.05) is 13.2 Å². The smallest absolute Gasteiger partial charge is 0.235 e. The first-order valence-electron chi connectivity index (χ1n) is 4.88. The minimum Gasteiger partial charge on any atom is -0.393 e. The normalized spacial score (nSPS) is 24.5. The van der Waals surface area contributed by atoms with Gasteiger partial charge in [-0.1, -0.05) is 13.8 Å². The molecule has 1 aliphatic heterocycles. The van der Waals surface area contributed by atoms with E-state index in [9.17, 15) is 14.7 Å². The molecule has 1 aliphatic rings. The Balaban J connectivity index is 2.81. The number of carbonyl (C=O) groups is 2. The maximum atomic E-state index is 11.7. The van der Waals surface area contributed by atoms with Gasteiger partial charge in [-0.15, -0.1) is 0 Å². The minimum atomic E-state index is -1.42. The van der Waals surface area contributed by atoms with E-state index < -0.39 is 17.6 Å². The van der Waals surface area contributed by atoms with E-state index in [1.807, 2.05) is 0 Å². The summed E-state index contributed by atoms with van der Waals surface area (Å²) in [6.45, 7) is 4.15. The Labute approximate surface area is 88.7 Å². The third-order valence-corrected chi connectivity index (χ3v) is 2.56. The van der Waals surface area contributed by atoms with E-state index in [0.29, 0.717) is 0 Å². The van der Waals surface area contributed by atoms with Crippen LogP contribution < -0.4 is 0 Å². The lowest BCUT2D eigenvalue weighted by atomic mass is 9.92. The molecule has 5 heteroatoms. The van der Waals surface area contributed by atoms with Gasteiger partial charge in [-0.25, -0.2) is 0 Å². The number of hydrogen-bond acceptors (Lipinski definition) is 4. The average molecular weight is 215 g/mol. The summed E-state index contributed by atoms with van der Waals surface area (Å²) in [5.41, 5.74) is -2.12. The van der Waals surface area contributed by atoms with E-state index in [1.54, 1.807) is 13.8 Å². The Kier molecular flexibility index (Phi) is 2.89. The van der Waals surface area contributed by atoms with Gasteiger partial charge >= 0.3 is 0 Å². The van der Waals surface area contributed by atoms with Gasteiger partial charge in [0.15, 0.2) is 0 Å². The number of likely N-dealkylation sites (tertiary alicyclic amines) is 1. The summed E-state index contributed by atoms with van der Waals surface area (Å²) >= 11 is 0. The monoisotopic (exact) mass is 215 g/mol. The van der Waals surface area contributed by atoms with Crippen LogP contribution in [0.5, 0.6) is 0 Å². The van der Waals surface area contributed by atoms with E-state index in [1.165, 1.54) is 6.92 Å². The summed E-state index contributed by atoms with van der Waals surface area (Å²) in [6.07, 6.45) is 0.160. The summed E-state index contributed by atoms with van der Waals surface area (Å²) < 4.78 is 0. The van der Waals surface area contributed by atoms with Crippen molar-refractivity contribution in [2.24, 2.45) is 5.41 Å². The molecule has 1 saturated heterocycles. The van der Waals surface area contributed by atoms with Gasteiger partial charge in [-0.3, -0.25) is 14.5 Å². The molecule has 0 spiro atoms. The fraction of sp³-hybridized carbons (Fsp3) is 0.800. The van der Waals surface area contributed by atoms with Crippen molar-refractivity contribution in [3.05, 3.63) is 0 Å². The molecule has 2 N–H and O–H groups in total. The van der Waals surface area contributed by atoms with Crippen LogP contribution >= 0.6 is 0 Å². The van der Waals surface area contributed by atoms with Gasteiger partial charge in [-0.2, -0.15) is 0 Å². The molecule has 0 aromatic heterocycles. The number of amides is 2. The highest BCUT2D eigenvalue weighted by atomic mass is 16.3. The van der Waals surface area contributed by atoms with Crippen LogP contribution in [-0.2, 0) is 9.59 Å². The lowest BCUT2D eigenvalue weighted by Gasteiger charge is -2.26. The summed E-state index contributed by atoms with van der Waals surface area (Å²) in [6, 6.07) is 0. The second kappa shape index (κ2) is 3.57. The first-order chi connectivity index (χ1) is 6.69. The summed E-state index contributed by atoms with van der Waals surface area (Å²) in [5.74, 6) is -0.583. The molecule has 15 heavy (non-hydrogen) atoms. The van der Waals surface area contributed by atoms with Gasteiger partial charge in [0.25, 0.3) is 0 Å². The SMILES string of the molecule is CC(O)(CO)CN1C(=O)CC(C)(C)C1=O. The van der Waals surface area contributed by atoms with Crippen molar-refractivity contribution in [1.29, 1.82) is 0 Å². The molecule has 1 atom stereocenters. The van der Waals surface area contributed by atoms with Crippen molar-refractivity contribution in [1.82, 2.24) is 4.90 Å². The third-order valence-electron chi connectivity index (χ3n) is 2.56. The molecule has 1 rings (SSSR count). The van der Waals surface area contributed by atoms with Crippen LogP contribution in [0.2, 0.25) is 0 Å². The van der Waals surface area contributed by atoms with Gasteiger partial charge in [0.2, 0.25) is 11.8 Å². The van der Waals surface area contributed by atoms with Crippen molar-refractivity contribution in [3.8, 4) is 0 Å². The van der Waals surface area contributed by atoms with E-state index in [0.717, 1.165) is 4.90 Å². The molecule has 0 aliphatic carbocycles. The van der Waals surface area contributed by atoms with Gasteiger partial charge in [-0.05, 0) is 6.92 Å². The molecular weight excluding hydrogens is 198 g/mol. The Morgan fingerprint density at radius 2 is 2.00 bits per heavy atom. The summed E-state index contributed by atoms with van der Waals surface area (Å²) in [4.78, 5) is 24.3. The molecule has 1 heterocycles. The third kappa shape index (κ3) is 2.35. The number of nitrogens with zero attached hydrogens (tertiary/aromatic N) is 1. The van der Waals surface area contributed by atoms with Crippen molar-refractivity contribution in [2.45, 2.75) is 32.8 Å². The molecule has 2 amide bonds. The van der Waals surface area contributed by atoms with E-state index in [4.69, 9.17) is 5.11 Å². The predicted octanol–water partition coefficient (Wildman–Crippen LogP) is -0.485. The number of aliphatic hydroxyl groups excluding tert-OH is 1. The zero-order valence-electron chi connectivity index (χ0n) is 9.28.